The van der Waals surface area contributed by atoms with Gasteiger partial charge in [-0.25, -0.2) is 0 Å². The number of piperidine rings is 1. The number of halogens is 1. The summed E-state index contributed by atoms with van der Waals surface area (Å²) in [6.45, 7) is 7.09. The molecule has 134 valence electrons. The molecule has 0 radical (unpaired) electrons. The highest BCUT2D eigenvalue weighted by Gasteiger charge is 2.34. The number of anilines is 1. The standard InChI is InChI=1S/C18H27N3O2.ClH/c1-18(2,3)15(19)17(23)21-11-9-13(10-12-21)16(22)20-14-7-5-4-6-8-14;/h4-8,13,15H,9-12,19H2,1-3H3,(H,20,22);1H/t15-;/m1./s1. The van der Waals surface area contributed by atoms with E-state index in [1.165, 1.54) is 0 Å². The zero-order valence-corrected chi connectivity index (χ0v) is 15.4. The number of nitrogens with zero attached hydrogens (tertiary/aromatic N) is 1. The lowest BCUT2D eigenvalue weighted by atomic mass is 9.85. The second kappa shape index (κ2) is 8.49. The van der Waals surface area contributed by atoms with Crippen LogP contribution >= 0.6 is 12.4 Å². The van der Waals surface area contributed by atoms with E-state index < -0.39 is 6.04 Å². The smallest absolute Gasteiger partial charge is 0.240 e. The number of hydrogen-bond donors (Lipinski definition) is 2. The minimum absolute atomic E-state index is 0. The van der Waals surface area contributed by atoms with E-state index in [1.807, 2.05) is 51.1 Å². The summed E-state index contributed by atoms with van der Waals surface area (Å²) in [6.07, 6.45) is 1.36. The summed E-state index contributed by atoms with van der Waals surface area (Å²) in [5.41, 5.74) is 6.61. The number of nitrogens with two attached hydrogens (primary N) is 1. The van der Waals surface area contributed by atoms with Crippen LogP contribution in [0.2, 0.25) is 0 Å². The lowest BCUT2D eigenvalue weighted by Crippen LogP contribution is -2.53. The number of carbonyl (C=O) groups excluding carboxylic acids is 2. The maximum Gasteiger partial charge on any atom is 0.240 e. The summed E-state index contributed by atoms with van der Waals surface area (Å²) in [5, 5.41) is 2.94. The monoisotopic (exact) mass is 353 g/mol. The minimum atomic E-state index is -0.503. The average Bonchev–Trinajstić information content (AvgIpc) is 2.53. The Kier molecular flexibility index (Phi) is 7.24. The molecular formula is C18H28ClN3O2. The number of hydrogen-bond acceptors (Lipinski definition) is 3. The molecule has 24 heavy (non-hydrogen) atoms. The maximum absolute atomic E-state index is 12.4. The largest absolute Gasteiger partial charge is 0.341 e. The van der Waals surface area contributed by atoms with Gasteiger partial charge in [-0.2, -0.15) is 0 Å². The first kappa shape index (κ1) is 20.5. The Balaban J connectivity index is 0.00000288. The Bertz CT molecular complexity index is 549. The first-order valence-electron chi connectivity index (χ1n) is 8.19. The third-order valence-electron chi connectivity index (χ3n) is 4.42. The van der Waals surface area contributed by atoms with E-state index in [2.05, 4.69) is 5.32 Å². The molecule has 0 aliphatic carbocycles. The van der Waals surface area contributed by atoms with Gasteiger partial charge in [-0.3, -0.25) is 9.59 Å². The quantitative estimate of drug-likeness (QED) is 0.877. The Labute approximate surface area is 150 Å². The average molecular weight is 354 g/mol. The molecule has 0 spiro atoms. The predicted octanol–water partition coefficient (Wildman–Crippen LogP) is 2.66. The van der Waals surface area contributed by atoms with Gasteiger partial charge in [0, 0.05) is 24.7 Å². The van der Waals surface area contributed by atoms with Crippen molar-refractivity contribution in [2.45, 2.75) is 39.7 Å². The fourth-order valence-electron chi connectivity index (χ4n) is 2.69. The molecule has 5 nitrogen and oxygen atoms in total. The summed E-state index contributed by atoms with van der Waals surface area (Å²) in [4.78, 5) is 26.5. The van der Waals surface area contributed by atoms with Crippen molar-refractivity contribution < 1.29 is 9.59 Å². The van der Waals surface area contributed by atoms with Crippen molar-refractivity contribution in [3.05, 3.63) is 30.3 Å². The van der Waals surface area contributed by atoms with Crippen LogP contribution in [0, 0.1) is 11.3 Å². The molecule has 1 aliphatic heterocycles. The normalized spacial score (nSPS) is 16.9. The molecule has 1 heterocycles. The van der Waals surface area contributed by atoms with Crippen molar-refractivity contribution in [3.63, 3.8) is 0 Å². The summed E-state index contributed by atoms with van der Waals surface area (Å²) >= 11 is 0. The predicted molar refractivity (Wildman–Crippen MR) is 99.1 cm³/mol. The Morgan fingerprint density at radius 3 is 2.21 bits per heavy atom. The first-order valence-corrected chi connectivity index (χ1v) is 8.19. The molecule has 0 unspecified atom stereocenters. The van der Waals surface area contributed by atoms with Gasteiger partial charge in [-0.15, -0.1) is 12.4 Å². The SMILES string of the molecule is CC(C)(C)[C@H](N)C(=O)N1CCC(C(=O)Nc2ccccc2)CC1.Cl. The molecule has 6 heteroatoms. The van der Waals surface area contributed by atoms with Crippen LogP contribution in [0.1, 0.15) is 33.6 Å². The van der Waals surface area contributed by atoms with Crippen LogP contribution < -0.4 is 11.1 Å². The molecule has 2 amide bonds. The second-order valence-electron chi connectivity index (χ2n) is 7.30. The zero-order valence-electron chi connectivity index (χ0n) is 14.6. The number of rotatable bonds is 3. The van der Waals surface area contributed by atoms with Crippen molar-refractivity contribution in [2.24, 2.45) is 17.1 Å². The molecule has 3 N–H and O–H groups in total. The van der Waals surface area contributed by atoms with Crippen molar-refractivity contribution in [1.29, 1.82) is 0 Å². The molecule has 1 aromatic rings. The molecule has 1 atom stereocenters. The van der Waals surface area contributed by atoms with Gasteiger partial charge in [0.15, 0.2) is 0 Å². The minimum Gasteiger partial charge on any atom is -0.341 e. The molecule has 1 fully saturated rings. The number of likely N-dealkylation sites (tertiary alicyclic amines) is 1. The van der Waals surface area contributed by atoms with Crippen LogP contribution in [0.5, 0.6) is 0 Å². The Morgan fingerprint density at radius 1 is 1.17 bits per heavy atom. The number of amides is 2. The maximum atomic E-state index is 12.4. The van der Waals surface area contributed by atoms with E-state index in [4.69, 9.17) is 5.73 Å². The summed E-state index contributed by atoms with van der Waals surface area (Å²) < 4.78 is 0. The van der Waals surface area contributed by atoms with Crippen molar-refractivity contribution in [2.75, 3.05) is 18.4 Å². The van der Waals surface area contributed by atoms with E-state index in [9.17, 15) is 9.59 Å². The van der Waals surface area contributed by atoms with E-state index in [0.29, 0.717) is 25.9 Å². The van der Waals surface area contributed by atoms with Crippen LogP contribution in [0.3, 0.4) is 0 Å². The Hall–Kier alpha value is -1.59. The number of nitrogens with one attached hydrogen (secondary N) is 1. The molecular weight excluding hydrogens is 326 g/mol. The lowest BCUT2D eigenvalue weighted by Gasteiger charge is -2.36. The van der Waals surface area contributed by atoms with Gasteiger partial charge < -0.3 is 16.0 Å². The molecule has 1 aliphatic rings. The van der Waals surface area contributed by atoms with Gasteiger partial charge in [0.1, 0.15) is 0 Å². The highest BCUT2D eigenvalue weighted by Crippen LogP contribution is 2.23. The molecule has 0 aromatic heterocycles. The number of para-hydroxylation sites is 1. The van der Waals surface area contributed by atoms with Crippen molar-refractivity contribution >= 4 is 29.9 Å². The van der Waals surface area contributed by atoms with Gasteiger partial charge in [0.25, 0.3) is 0 Å². The van der Waals surface area contributed by atoms with Gasteiger partial charge in [-0.05, 0) is 30.4 Å². The highest BCUT2D eigenvalue weighted by atomic mass is 35.5. The van der Waals surface area contributed by atoms with Gasteiger partial charge >= 0.3 is 0 Å². The van der Waals surface area contributed by atoms with E-state index in [1.54, 1.807) is 4.90 Å². The number of carbonyl (C=O) groups is 2. The van der Waals surface area contributed by atoms with Crippen molar-refractivity contribution in [3.8, 4) is 0 Å². The lowest BCUT2D eigenvalue weighted by molar-refractivity contribution is -0.137. The van der Waals surface area contributed by atoms with Gasteiger partial charge in [0.05, 0.1) is 6.04 Å². The fraction of sp³-hybridized carbons (Fsp3) is 0.556. The third-order valence-corrected chi connectivity index (χ3v) is 4.42. The van der Waals surface area contributed by atoms with Gasteiger partial charge in [0.2, 0.25) is 11.8 Å². The van der Waals surface area contributed by atoms with Gasteiger partial charge in [-0.1, -0.05) is 39.0 Å². The third kappa shape index (κ3) is 5.21. The summed E-state index contributed by atoms with van der Waals surface area (Å²) in [7, 11) is 0. The van der Waals surface area contributed by atoms with Crippen molar-refractivity contribution in [1.82, 2.24) is 4.90 Å². The highest BCUT2D eigenvalue weighted by molar-refractivity contribution is 5.92. The van der Waals surface area contributed by atoms with Crippen LogP contribution in [0.4, 0.5) is 5.69 Å². The molecule has 2 rings (SSSR count). The number of benzene rings is 1. The van der Waals surface area contributed by atoms with Crippen LogP contribution in [-0.2, 0) is 9.59 Å². The summed E-state index contributed by atoms with van der Waals surface area (Å²) in [6, 6.07) is 8.95. The van der Waals surface area contributed by atoms with E-state index >= 15 is 0 Å². The topological polar surface area (TPSA) is 75.4 Å². The molecule has 0 saturated carbocycles. The molecule has 1 saturated heterocycles. The van der Waals surface area contributed by atoms with Crippen LogP contribution in [0.15, 0.2) is 30.3 Å². The molecule has 1 aromatic carbocycles. The van der Waals surface area contributed by atoms with E-state index in [-0.39, 0.29) is 35.6 Å². The van der Waals surface area contributed by atoms with Crippen LogP contribution in [-0.4, -0.2) is 35.8 Å². The van der Waals surface area contributed by atoms with E-state index in [0.717, 1.165) is 5.69 Å². The first-order chi connectivity index (χ1) is 10.8. The Morgan fingerprint density at radius 2 is 1.71 bits per heavy atom. The van der Waals surface area contributed by atoms with Crippen LogP contribution in [0.25, 0.3) is 0 Å². The summed E-state index contributed by atoms with van der Waals surface area (Å²) in [5.74, 6) is -0.0343. The zero-order chi connectivity index (χ0) is 17.0. The fourth-order valence-corrected chi connectivity index (χ4v) is 2.69. The second-order valence-corrected chi connectivity index (χ2v) is 7.30. The molecule has 0 bridgehead atoms.